The summed E-state index contributed by atoms with van der Waals surface area (Å²) in [7, 11) is 0. The first-order valence-electron chi connectivity index (χ1n) is 18.5. The van der Waals surface area contributed by atoms with E-state index in [1.54, 1.807) is 12.1 Å². The molecular formula is C36H53N11O11. The Morgan fingerprint density at radius 1 is 0.759 bits per heavy atom. The number of phenolic OH excluding ortho intramolecular Hbond substituents is 1. The van der Waals surface area contributed by atoms with Gasteiger partial charge in [0, 0.05) is 44.8 Å². The van der Waals surface area contributed by atoms with E-state index < -0.39 is 101 Å². The number of aliphatic hydroxyl groups excluding tert-OH is 1. The van der Waals surface area contributed by atoms with Gasteiger partial charge in [-0.15, -0.1) is 0 Å². The number of nitrogens with one attached hydrogen (secondary N) is 6. The van der Waals surface area contributed by atoms with Crippen LogP contribution in [0.1, 0.15) is 56.6 Å². The Kier molecular flexibility index (Phi) is 20.7. The van der Waals surface area contributed by atoms with Crippen molar-refractivity contribution in [3.8, 4) is 5.75 Å². The molecule has 1 aromatic carbocycles. The van der Waals surface area contributed by atoms with Gasteiger partial charge in [-0.05, 0) is 74.9 Å². The Balaban J connectivity index is 2.35. The molecule has 7 amide bonds. The number of rotatable bonds is 26. The Labute approximate surface area is 334 Å². The third-order valence-corrected chi connectivity index (χ3v) is 8.60. The van der Waals surface area contributed by atoms with Crippen molar-refractivity contribution < 1.29 is 48.7 Å². The van der Waals surface area contributed by atoms with Gasteiger partial charge >= 0.3 is 5.69 Å². The molecule has 0 aliphatic heterocycles. The predicted molar refractivity (Wildman–Crippen MR) is 207 cm³/mol. The molecule has 14 N–H and O–H groups in total. The molecule has 0 unspecified atom stereocenters. The summed E-state index contributed by atoms with van der Waals surface area (Å²) in [4.78, 5) is 106. The summed E-state index contributed by atoms with van der Waals surface area (Å²) in [5, 5.41) is 45.7. The van der Waals surface area contributed by atoms with Crippen molar-refractivity contribution in [1.82, 2.24) is 36.9 Å². The van der Waals surface area contributed by atoms with Crippen LogP contribution in [0.15, 0.2) is 42.7 Å². The number of aromatic hydroxyl groups is 1. The lowest BCUT2D eigenvalue weighted by Gasteiger charge is -2.25. The highest BCUT2D eigenvalue weighted by molar-refractivity contribution is 5.96. The first-order valence-corrected chi connectivity index (χ1v) is 18.5. The number of aliphatic hydroxyl groups is 1. The Hall–Kier alpha value is -6.26. The van der Waals surface area contributed by atoms with Crippen molar-refractivity contribution in [1.29, 1.82) is 0 Å². The molecule has 0 spiro atoms. The first kappa shape index (κ1) is 47.9. The van der Waals surface area contributed by atoms with Gasteiger partial charge in [0.1, 0.15) is 30.2 Å². The third-order valence-electron chi connectivity index (χ3n) is 8.60. The fourth-order valence-electron chi connectivity index (χ4n) is 5.62. The fraction of sp³-hybridized carbons (Fsp3) is 0.500. The van der Waals surface area contributed by atoms with Crippen LogP contribution in [0, 0.1) is 10.1 Å². The van der Waals surface area contributed by atoms with E-state index in [9.17, 15) is 53.9 Å². The molecule has 0 fully saturated rings. The van der Waals surface area contributed by atoms with E-state index in [0.29, 0.717) is 31.4 Å². The molecule has 22 heteroatoms. The monoisotopic (exact) mass is 815 g/mol. The van der Waals surface area contributed by atoms with E-state index in [4.69, 9.17) is 17.2 Å². The zero-order valence-corrected chi connectivity index (χ0v) is 32.1. The number of carbonyl (C=O) groups is 7. The normalized spacial score (nSPS) is 13.4. The molecule has 1 aromatic heterocycles. The number of nitrogens with zero attached hydrogens (tertiary/aromatic N) is 2. The van der Waals surface area contributed by atoms with E-state index >= 15 is 0 Å². The van der Waals surface area contributed by atoms with Crippen molar-refractivity contribution in [3.63, 3.8) is 0 Å². The maximum Gasteiger partial charge on any atom is 0.310 e. The maximum absolute atomic E-state index is 13.9. The zero-order chi connectivity index (χ0) is 43.2. The van der Waals surface area contributed by atoms with Crippen LogP contribution in [0.5, 0.6) is 5.75 Å². The van der Waals surface area contributed by atoms with Gasteiger partial charge in [-0.3, -0.25) is 48.7 Å². The number of nitrogens with two attached hydrogens (primary N) is 3. The number of unbranched alkanes of at least 4 members (excludes halogenated alkanes) is 1. The van der Waals surface area contributed by atoms with Crippen LogP contribution in [-0.2, 0) is 46.4 Å². The van der Waals surface area contributed by atoms with Gasteiger partial charge in [-0.2, -0.15) is 0 Å². The number of carbonyl (C=O) groups excluding carboxylic acids is 7. The van der Waals surface area contributed by atoms with E-state index in [-0.39, 0.29) is 44.2 Å². The Bertz CT molecular complexity index is 1730. The van der Waals surface area contributed by atoms with E-state index in [1.807, 2.05) is 0 Å². The van der Waals surface area contributed by atoms with Crippen LogP contribution in [0.3, 0.4) is 0 Å². The van der Waals surface area contributed by atoms with E-state index in [1.165, 1.54) is 25.4 Å². The molecule has 318 valence electrons. The minimum Gasteiger partial charge on any atom is -0.502 e. The van der Waals surface area contributed by atoms with Gasteiger partial charge in [0.15, 0.2) is 5.75 Å². The molecule has 2 rings (SSSR count). The van der Waals surface area contributed by atoms with Crippen LogP contribution in [-0.4, -0.2) is 118 Å². The van der Waals surface area contributed by atoms with Crippen LogP contribution in [0.2, 0.25) is 0 Å². The van der Waals surface area contributed by atoms with Crippen LogP contribution >= 0.6 is 0 Å². The number of primary amides is 1. The summed E-state index contributed by atoms with van der Waals surface area (Å²) >= 11 is 0. The summed E-state index contributed by atoms with van der Waals surface area (Å²) in [6.07, 6.45) is 3.69. The number of nitro benzene ring substituents is 1. The lowest BCUT2D eigenvalue weighted by molar-refractivity contribution is -0.385. The van der Waals surface area contributed by atoms with E-state index in [0.717, 1.165) is 12.1 Å². The number of amides is 7. The molecule has 0 aliphatic rings. The van der Waals surface area contributed by atoms with Crippen molar-refractivity contribution >= 4 is 47.0 Å². The molecule has 1 heterocycles. The lowest BCUT2D eigenvalue weighted by atomic mass is 10.0. The predicted octanol–water partition coefficient (Wildman–Crippen LogP) is -3.22. The molecule has 0 saturated heterocycles. The summed E-state index contributed by atoms with van der Waals surface area (Å²) in [5.74, 6) is -6.22. The maximum atomic E-state index is 13.9. The lowest BCUT2D eigenvalue weighted by Crippen LogP contribution is -2.58. The third kappa shape index (κ3) is 16.9. The first-order chi connectivity index (χ1) is 27.6. The second kappa shape index (κ2) is 25.1. The SMILES string of the molecule is CC(=O)N[C@@H](CCO)C(=O)N[C@@H](CCCCN)C(=O)NCC(=O)N[C@@H](Cc1cccnc1)C(=O)N[C@@H](Cc1ccc(O)c([N+](=O)[O-])c1)C(=O)N[C@@H](CCCN)C(N)=O. The second-order valence-corrected chi connectivity index (χ2v) is 13.3. The average molecular weight is 816 g/mol. The minimum absolute atomic E-state index is 0.0738. The number of aromatic nitrogens is 1. The molecule has 58 heavy (non-hydrogen) atoms. The number of hydrogen-bond acceptors (Lipinski definition) is 14. The fourth-order valence-corrected chi connectivity index (χ4v) is 5.62. The summed E-state index contributed by atoms with van der Waals surface area (Å²) in [6.45, 7) is 0.575. The molecule has 22 nitrogen and oxygen atoms in total. The van der Waals surface area contributed by atoms with Crippen molar-refractivity contribution in [2.75, 3.05) is 26.2 Å². The van der Waals surface area contributed by atoms with Gasteiger partial charge in [0.2, 0.25) is 41.4 Å². The topological polar surface area (TPSA) is 366 Å². The number of hydrogen-bond donors (Lipinski definition) is 11. The van der Waals surface area contributed by atoms with Crippen molar-refractivity contribution in [3.05, 3.63) is 64.0 Å². The van der Waals surface area contributed by atoms with Crippen molar-refractivity contribution in [2.45, 2.75) is 88.5 Å². The van der Waals surface area contributed by atoms with Gasteiger partial charge in [-0.25, -0.2) is 0 Å². The Morgan fingerprint density at radius 3 is 1.93 bits per heavy atom. The van der Waals surface area contributed by atoms with Gasteiger partial charge in [0.25, 0.3) is 0 Å². The number of benzene rings is 1. The summed E-state index contributed by atoms with van der Waals surface area (Å²) in [5.41, 5.74) is 16.6. The molecule has 0 saturated carbocycles. The molecule has 0 aliphatic carbocycles. The number of pyridine rings is 1. The quantitative estimate of drug-likeness (QED) is 0.0253. The zero-order valence-electron chi connectivity index (χ0n) is 32.1. The average Bonchev–Trinajstić information content (AvgIpc) is 3.18. The standard InChI is InChI=1S/C36H53N11O11/c1-21(49)42-26(11-15-48)34(54)45-25(7-2-3-12-37)33(53)41-20-31(51)43-27(17-23-6-5-14-40-19-23)35(55)46-28(36(56)44-24(32(39)52)8-4-13-38)16-22-9-10-30(50)29(18-22)47(57)58/h5-6,9-10,14,18-19,24-28,48,50H,2-4,7-8,11-13,15-17,20,37-38H2,1H3,(H2,39,52)(H,41,53)(H,42,49)(H,43,51)(H,44,56)(H,45,54)(H,46,55)/t24-,25-,26-,27-,28-/m0/s1. The van der Waals surface area contributed by atoms with Crippen molar-refractivity contribution in [2.24, 2.45) is 17.2 Å². The molecule has 0 bridgehead atoms. The second-order valence-electron chi connectivity index (χ2n) is 13.3. The van der Waals surface area contributed by atoms with Gasteiger partial charge in [0.05, 0.1) is 11.5 Å². The number of nitro groups is 1. The van der Waals surface area contributed by atoms with Gasteiger partial charge in [-0.1, -0.05) is 12.1 Å². The minimum atomic E-state index is -1.51. The molecule has 0 radical (unpaired) electrons. The summed E-state index contributed by atoms with van der Waals surface area (Å²) in [6, 6.07) is 0.162. The highest BCUT2D eigenvalue weighted by Crippen LogP contribution is 2.27. The van der Waals surface area contributed by atoms with Crippen LogP contribution in [0.25, 0.3) is 0 Å². The smallest absolute Gasteiger partial charge is 0.310 e. The summed E-state index contributed by atoms with van der Waals surface area (Å²) < 4.78 is 0. The van der Waals surface area contributed by atoms with Crippen LogP contribution < -0.4 is 49.1 Å². The highest BCUT2D eigenvalue weighted by Gasteiger charge is 2.31. The van der Waals surface area contributed by atoms with Crippen LogP contribution in [0.4, 0.5) is 5.69 Å². The largest absolute Gasteiger partial charge is 0.502 e. The number of phenols is 1. The Morgan fingerprint density at radius 2 is 1.34 bits per heavy atom. The van der Waals surface area contributed by atoms with E-state index in [2.05, 4.69) is 36.9 Å². The molecule has 2 aromatic rings. The molecular weight excluding hydrogens is 762 g/mol. The molecule has 5 atom stereocenters. The van der Waals surface area contributed by atoms with Gasteiger partial charge < -0.3 is 59.3 Å². The highest BCUT2D eigenvalue weighted by atomic mass is 16.6.